The molecule has 2 aromatic rings. The van der Waals surface area contributed by atoms with Gasteiger partial charge in [0.1, 0.15) is 12.4 Å². The number of nitrogens with two attached hydrogens (primary N) is 1. The number of halogens is 2. The lowest BCUT2D eigenvalue weighted by Crippen LogP contribution is -2.19. The number of hydrogen-bond acceptors (Lipinski definition) is 3. The third kappa shape index (κ3) is 4.29. The lowest BCUT2D eigenvalue weighted by atomic mass is 10.2. The van der Waals surface area contributed by atoms with E-state index in [1.165, 1.54) is 36.4 Å². The van der Waals surface area contributed by atoms with Crippen LogP contribution in [0.25, 0.3) is 0 Å². The van der Waals surface area contributed by atoms with E-state index in [1.54, 1.807) is 6.07 Å². The third-order valence-corrected chi connectivity index (χ3v) is 3.26. The zero-order valence-electron chi connectivity index (χ0n) is 11.3. The summed E-state index contributed by atoms with van der Waals surface area (Å²) in [5.41, 5.74) is 6.01. The average Bonchev–Trinajstić information content (AvgIpc) is 2.46. The minimum absolute atomic E-state index is 0.167. The van der Waals surface area contributed by atoms with Crippen LogP contribution in [-0.2, 0) is 11.3 Å². The molecule has 0 spiro atoms. The minimum atomic E-state index is -0.693. The highest BCUT2D eigenvalue weighted by Gasteiger charge is 2.10. The molecule has 0 radical (unpaired) electrons. The molecule has 0 atom stereocenters. The first-order valence-corrected chi connectivity index (χ1v) is 7.02. The van der Waals surface area contributed by atoms with Gasteiger partial charge in [0.2, 0.25) is 0 Å². The Kier molecular flexibility index (Phi) is 5.11. The van der Waals surface area contributed by atoms with Crippen LogP contribution in [0.1, 0.15) is 15.9 Å². The van der Waals surface area contributed by atoms with E-state index in [0.717, 1.165) is 0 Å². The largest absolute Gasteiger partial charge is 0.457 e. The third-order valence-electron chi connectivity index (χ3n) is 2.76. The van der Waals surface area contributed by atoms with Crippen molar-refractivity contribution in [3.63, 3.8) is 0 Å². The summed E-state index contributed by atoms with van der Waals surface area (Å²) in [6.07, 6.45) is 0. The number of anilines is 1. The van der Waals surface area contributed by atoms with Crippen molar-refractivity contribution in [2.75, 3.05) is 5.32 Å². The van der Waals surface area contributed by atoms with Crippen molar-refractivity contribution in [2.24, 2.45) is 5.73 Å². The molecule has 7 heteroatoms. The number of ether oxygens (including phenoxy) is 1. The molecule has 0 fully saturated rings. The lowest BCUT2D eigenvalue weighted by Gasteiger charge is -2.07. The highest BCUT2D eigenvalue weighted by atomic mass is 79.9. The Morgan fingerprint density at radius 1 is 1.18 bits per heavy atom. The molecule has 0 aliphatic heterocycles. The van der Waals surface area contributed by atoms with E-state index in [0.29, 0.717) is 10.2 Å². The van der Waals surface area contributed by atoms with E-state index >= 15 is 0 Å². The standard InChI is InChI=1S/C15H12BrFN2O3/c16-11-4-1-10(13(17)7-11)8-22-14(20)9-2-5-12(6-3-9)19-15(18)21/h1-7H,8H2,(H3,18,19,21). The minimum Gasteiger partial charge on any atom is -0.457 e. The maximum Gasteiger partial charge on any atom is 0.338 e. The Morgan fingerprint density at radius 2 is 1.86 bits per heavy atom. The summed E-state index contributed by atoms with van der Waals surface area (Å²) in [6, 6.07) is 9.79. The smallest absolute Gasteiger partial charge is 0.338 e. The van der Waals surface area contributed by atoms with E-state index in [2.05, 4.69) is 21.2 Å². The van der Waals surface area contributed by atoms with Gasteiger partial charge in [0.25, 0.3) is 0 Å². The fourth-order valence-corrected chi connectivity index (χ4v) is 2.03. The van der Waals surface area contributed by atoms with E-state index in [1.807, 2.05) is 0 Å². The molecule has 22 heavy (non-hydrogen) atoms. The quantitative estimate of drug-likeness (QED) is 0.813. The first kappa shape index (κ1) is 16.0. The summed E-state index contributed by atoms with van der Waals surface area (Å²) in [5.74, 6) is -1.05. The molecule has 0 unspecified atom stereocenters. The van der Waals surface area contributed by atoms with E-state index in [-0.39, 0.29) is 17.7 Å². The van der Waals surface area contributed by atoms with Crippen LogP contribution in [0, 0.1) is 5.82 Å². The van der Waals surface area contributed by atoms with Crippen LogP contribution in [0.4, 0.5) is 14.9 Å². The summed E-state index contributed by atoms with van der Waals surface area (Å²) >= 11 is 3.15. The molecular formula is C15H12BrFN2O3. The van der Waals surface area contributed by atoms with Gasteiger partial charge >= 0.3 is 12.0 Å². The molecule has 114 valence electrons. The number of carbonyl (C=O) groups excluding carboxylic acids is 2. The van der Waals surface area contributed by atoms with Crippen LogP contribution < -0.4 is 11.1 Å². The maximum atomic E-state index is 13.6. The molecule has 3 N–H and O–H groups in total. The molecule has 0 aliphatic rings. The van der Waals surface area contributed by atoms with Gasteiger partial charge in [0.15, 0.2) is 0 Å². The number of rotatable bonds is 4. The van der Waals surface area contributed by atoms with Crippen molar-refractivity contribution in [3.8, 4) is 0 Å². The van der Waals surface area contributed by atoms with Crippen molar-refractivity contribution >= 4 is 33.6 Å². The van der Waals surface area contributed by atoms with Gasteiger partial charge in [-0.15, -0.1) is 0 Å². The Balaban J connectivity index is 1.98. The van der Waals surface area contributed by atoms with Gasteiger partial charge in [-0.25, -0.2) is 14.0 Å². The number of amides is 2. The summed E-state index contributed by atoms with van der Waals surface area (Å²) < 4.78 is 19.3. The van der Waals surface area contributed by atoms with Crippen LogP contribution in [0.5, 0.6) is 0 Å². The lowest BCUT2D eigenvalue weighted by molar-refractivity contribution is 0.0469. The summed E-state index contributed by atoms with van der Waals surface area (Å²) in [6.45, 7) is -0.167. The number of nitrogens with one attached hydrogen (secondary N) is 1. The Hall–Kier alpha value is -2.41. The second-order valence-corrected chi connectivity index (χ2v) is 5.29. The van der Waals surface area contributed by atoms with Crippen molar-refractivity contribution < 1.29 is 18.7 Å². The van der Waals surface area contributed by atoms with Gasteiger partial charge in [-0.2, -0.15) is 0 Å². The fraction of sp³-hybridized carbons (Fsp3) is 0.0667. The number of carbonyl (C=O) groups is 2. The first-order valence-electron chi connectivity index (χ1n) is 6.23. The van der Waals surface area contributed by atoms with E-state index < -0.39 is 17.8 Å². The summed E-state index contributed by atoms with van der Waals surface area (Å²) in [4.78, 5) is 22.5. The average molecular weight is 367 g/mol. The number of hydrogen-bond donors (Lipinski definition) is 2. The molecule has 0 aromatic heterocycles. The SMILES string of the molecule is NC(=O)Nc1ccc(C(=O)OCc2ccc(Br)cc2F)cc1. The molecule has 0 saturated carbocycles. The molecule has 0 aliphatic carbocycles. The number of esters is 1. The molecule has 2 rings (SSSR count). The van der Waals surface area contributed by atoms with Crippen LogP contribution in [0.15, 0.2) is 46.9 Å². The maximum absolute atomic E-state index is 13.6. The van der Waals surface area contributed by atoms with E-state index in [4.69, 9.17) is 10.5 Å². The Bertz CT molecular complexity index is 704. The number of benzene rings is 2. The fourth-order valence-electron chi connectivity index (χ4n) is 1.70. The predicted molar refractivity (Wildman–Crippen MR) is 82.9 cm³/mol. The summed E-state index contributed by atoms with van der Waals surface area (Å²) in [7, 11) is 0. The molecule has 2 amide bonds. The van der Waals surface area contributed by atoms with Gasteiger partial charge < -0.3 is 15.8 Å². The zero-order chi connectivity index (χ0) is 16.1. The normalized spacial score (nSPS) is 10.1. The Morgan fingerprint density at radius 3 is 2.45 bits per heavy atom. The van der Waals surface area contributed by atoms with Crippen molar-refractivity contribution in [3.05, 3.63) is 63.9 Å². The van der Waals surface area contributed by atoms with Crippen LogP contribution in [0.2, 0.25) is 0 Å². The number of primary amides is 1. The Labute approximate surface area is 134 Å². The molecular weight excluding hydrogens is 355 g/mol. The van der Waals surface area contributed by atoms with Gasteiger partial charge in [0, 0.05) is 15.7 Å². The van der Waals surface area contributed by atoms with Crippen LogP contribution in [0.3, 0.4) is 0 Å². The van der Waals surface area contributed by atoms with Gasteiger partial charge in [-0.1, -0.05) is 22.0 Å². The van der Waals surface area contributed by atoms with Crippen molar-refractivity contribution in [1.29, 1.82) is 0 Å². The summed E-state index contributed by atoms with van der Waals surface area (Å²) in [5, 5.41) is 2.37. The van der Waals surface area contributed by atoms with Crippen molar-refractivity contribution in [2.45, 2.75) is 6.61 Å². The predicted octanol–water partition coefficient (Wildman–Crippen LogP) is 3.44. The van der Waals surface area contributed by atoms with Gasteiger partial charge in [-0.3, -0.25) is 0 Å². The topological polar surface area (TPSA) is 81.4 Å². The van der Waals surface area contributed by atoms with Crippen molar-refractivity contribution in [1.82, 2.24) is 0 Å². The molecule has 0 heterocycles. The van der Waals surface area contributed by atoms with Crippen LogP contribution in [-0.4, -0.2) is 12.0 Å². The molecule has 5 nitrogen and oxygen atoms in total. The molecule has 0 bridgehead atoms. The number of urea groups is 1. The molecule has 2 aromatic carbocycles. The van der Waals surface area contributed by atoms with E-state index in [9.17, 15) is 14.0 Å². The first-order chi connectivity index (χ1) is 10.5. The van der Waals surface area contributed by atoms with Gasteiger partial charge in [-0.05, 0) is 36.4 Å². The monoisotopic (exact) mass is 366 g/mol. The van der Waals surface area contributed by atoms with Crippen LogP contribution >= 0.6 is 15.9 Å². The zero-order valence-corrected chi connectivity index (χ0v) is 12.9. The highest BCUT2D eigenvalue weighted by Crippen LogP contribution is 2.17. The van der Waals surface area contributed by atoms with Gasteiger partial charge in [0.05, 0.1) is 5.56 Å². The highest BCUT2D eigenvalue weighted by molar-refractivity contribution is 9.10. The second kappa shape index (κ2) is 7.04. The second-order valence-electron chi connectivity index (χ2n) is 4.38. The molecule has 0 saturated heterocycles.